The van der Waals surface area contributed by atoms with E-state index in [1.165, 1.54) is 44.1 Å². The Morgan fingerprint density at radius 2 is 1.88 bits per heavy atom. The van der Waals surface area contributed by atoms with Gasteiger partial charge in [0.1, 0.15) is 12.4 Å². The lowest BCUT2D eigenvalue weighted by Crippen LogP contribution is -2.10. The molecular formula is C15H23NO. The van der Waals surface area contributed by atoms with Gasteiger partial charge >= 0.3 is 0 Å². The first-order chi connectivity index (χ1) is 8.40. The topological polar surface area (TPSA) is 35.2 Å². The van der Waals surface area contributed by atoms with E-state index < -0.39 is 0 Å². The van der Waals surface area contributed by atoms with E-state index in [-0.39, 0.29) is 0 Å². The zero-order chi connectivity index (χ0) is 11.9. The van der Waals surface area contributed by atoms with Crippen LogP contribution in [0.4, 0.5) is 0 Å². The third-order valence-corrected chi connectivity index (χ3v) is 3.57. The molecule has 0 heterocycles. The van der Waals surface area contributed by atoms with Gasteiger partial charge in [-0.2, -0.15) is 0 Å². The highest BCUT2D eigenvalue weighted by Gasteiger charge is 2.14. The van der Waals surface area contributed by atoms with Crippen LogP contribution in [0.15, 0.2) is 24.3 Å². The predicted octanol–water partition coefficient (Wildman–Crippen LogP) is 3.46. The van der Waals surface area contributed by atoms with Crippen LogP contribution >= 0.6 is 0 Å². The van der Waals surface area contributed by atoms with E-state index in [0.717, 1.165) is 11.7 Å². The van der Waals surface area contributed by atoms with Crippen LogP contribution < -0.4 is 10.5 Å². The third kappa shape index (κ3) is 3.74. The minimum absolute atomic E-state index is 0.577. The monoisotopic (exact) mass is 233 g/mol. The summed E-state index contributed by atoms with van der Waals surface area (Å²) in [7, 11) is 0. The molecule has 0 aromatic heterocycles. The number of ether oxygens (including phenoxy) is 1. The van der Waals surface area contributed by atoms with Gasteiger partial charge < -0.3 is 10.5 Å². The number of benzene rings is 1. The molecule has 0 spiro atoms. The molecule has 0 saturated heterocycles. The van der Waals surface area contributed by atoms with Crippen molar-refractivity contribution in [2.45, 2.75) is 44.4 Å². The zero-order valence-corrected chi connectivity index (χ0v) is 10.5. The summed E-state index contributed by atoms with van der Waals surface area (Å²) >= 11 is 0. The molecule has 0 aliphatic heterocycles. The zero-order valence-electron chi connectivity index (χ0n) is 10.5. The Bertz CT molecular complexity index is 329. The maximum Gasteiger partial charge on any atom is 0.119 e. The molecule has 0 amide bonds. The van der Waals surface area contributed by atoms with Crippen LogP contribution in [0.3, 0.4) is 0 Å². The van der Waals surface area contributed by atoms with Crippen molar-refractivity contribution in [1.29, 1.82) is 0 Å². The van der Waals surface area contributed by atoms with Gasteiger partial charge in [-0.3, -0.25) is 0 Å². The van der Waals surface area contributed by atoms with Gasteiger partial charge in [-0.1, -0.05) is 37.8 Å². The Morgan fingerprint density at radius 1 is 1.12 bits per heavy atom. The summed E-state index contributed by atoms with van der Waals surface area (Å²) in [5.41, 5.74) is 6.90. The van der Waals surface area contributed by atoms with E-state index in [1.807, 2.05) is 6.07 Å². The van der Waals surface area contributed by atoms with Gasteiger partial charge in [-0.25, -0.2) is 0 Å². The van der Waals surface area contributed by atoms with Gasteiger partial charge in [-0.05, 0) is 36.5 Å². The van der Waals surface area contributed by atoms with Crippen LogP contribution in [0.2, 0.25) is 0 Å². The van der Waals surface area contributed by atoms with Crippen molar-refractivity contribution in [1.82, 2.24) is 0 Å². The Kier molecular flexibility index (Phi) is 4.87. The molecule has 1 aromatic carbocycles. The molecule has 0 radical (unpaired) electrons. The molecule has 0 atom stereocenters. The Balaban J connectivity index is 2.03. The SMILES string of the molecule is NCCOc1cccc(C2CCCCCC2)c1. The molecule has 17 heavy (non-hydrogen) atoms. The van der Waals surface area contributed by atoms with E-state index in [4.69, 9.17) is 10.5 Å². The molecular weight excluding hydrogens is 210 g/mol. The second-order valence-electron chi connectivity index (χ2n) is 4.90. The number of hydrogen-bond donors (Lipinski definition) is 1. The van der Waals surface area contributed by atoms with Crippen molar-refractivity contribution < 1.29 is 4.74 Å². The summed E-state index contributed by atoms with van der Waals surface area (Å²) < 4.78 is 5.59. The second kappa shape index (κ2) is 6.65. The van der Waals surface area contributed by atoms with Crippen LogP contribution in [0, 0.1) is 0 Å². The van der Waals surface area contributed by atoms with E-state index in [0.29, 0.717) is 13.2 Å². The highest BCUT2D eigenvalue weighted by Crippen LogP contribution is 2.32. The Labute approximate surface area is 104 Å². The lowest BCUT2D eigenvalue weighted by atomic mass is 9.92. The summed E-state index contributed by atoms with van der Waals surface area (Å²) in [6, 6.07) is 8.57. The first kappa shape index (κ1) is 12.4. The lowest BCUT2D eigenvalue weighted by molar-refractivity contribution is 0.327. The Hall–Kier alpha value is -1.02. The summed E-state index contributed by atoms with van der Waals surface area (Å²) in [6.45, 7) is 1.18. The van der Waals surface area contributed by atoms with Gasteiger partial charge in [-0.15, -0.1) is 0 Å². The fourth-order valence-corrected chi connectivity index (χ4v) is 2.65. The van der Waals surface area contributed by atoms with Crippen molar-refractivity contribution in [2.75, 3.05) is 13.2 Å². The molecule has 1 aliphatic carbocycles. The van der Waals surface area contributed by atoms with Gasteiger partial charge in [0.05, 0.1) is 0 Å². The molecule has 1 saturated carbocycles. The van der Waals surface area contributed by atoms with Crippen LogP contribution in [-0.2, 0) is 0 Å². The molecule has 0 bridgehead atoms. The fraction of sp³-hybridized carbons (Fsp3) is 0.600. The molecule has 1 fully saturated rings. The molecule has 1 aliphatic rings. The summed E-state index contributed by atoms with van der Waals surface area (Å²) in [5.74, 6) is 1.70. The average Bonchev–Trinajstić information content (AvgIpc) is 2.65. The second-order valence-corrected chi connectivity index (χ2v) is 4.90. The summed E-state index contributed by atoms with van der Waals surface area (Å²) in [4.78, 5) is 0. The Morgan fingerprint density at radius 3 is 2.59 bits per heavy atom. The van der Waals surface area contributed by atoms with Crippen molar-refractivity contribution in [3.63, 3.8) is 0 Å². The normalized spacial score (nSPS) is 17.7. The molecule has 94 valence electrons. The highest BCUT2D eigenvalue weighted by atomic mass is 16.5. The van der Waals surface area contributed by atoms with Crippen LogP contribution in [0.25, 0.3) is 0 Å². The number of hydrogen-bond acceptors (Lipinski definition) is 2. The molecule has 0 unspecified atom stereocenters. The van der Waals surface area contributed by atoms with Crippen molar-refractivity contribution in [3.05, 3.63) is 29.8 Å². The van der Waals surface area contributed by atoms with Crippen LogP contribution in [-0.4, -0.2) is 13.2 Å². The van der Waals surface area contributed by atoms with E-state index in [9.17, 15) is 0 Å². The minimum Gasteiger partial charge on any atom is -0.492 e. The minimum atomic E-state index is 0.577. The van der Waals surface area contributed by atoms with Crippen LogP contribution in [0.5, 0.6) is 5.75 Å². The van der Waals surface area contributed by atoms with Crippen molar-refractivity contribution >= 4 is 0 Å². The standard InChI is InChI=1S/C15H23NO/c16-10-11-17-15-9-5-8-14(12-15)13-6-3-1-2-4-7-13/h5,8-9,12-13H,1-4,6-7,10-11,16H2. The van der Waals surface area contributed by atoms with Gasteiger partial charge in [0.2, 0.25) is 0 Å². The molecule has 2 rings (SSSR count). The maximum atomic E-state index is 5.59. The fourth-order valence-electron chi connectivity index (χ4n) is 2.65. The molecule has 2 heteroatoms. The van der Waals surface area contributed by atoms with Gasteiger partial charge in [0.25, 0.3) is 0 Å². The first-order valence-electron chi connectivity index (χ1n) is 6.83. The number of nitrogens with two attached hydrogens (primary N) is 1. The van der Waals surface area contributed by atoms with Crippen LogP contribution in [0.1, 0.15) is 50.0 Å². The van der Waals surface area contributed by atoms with Crippen molar-refractivity contribution in [2.24, 2.45) is 5.73 Å². The quantitative estimate of drug-likeness (QED) is 0.808. The maximum absolute atomic E-state index is 5.59. The van der Waals surface area contributed by atoms with Gasteiger partial charge in [0.15, 0.2) is 0 Å². The van der Waals surface area contributed by atoms with E-state index in [2.05, 4.69) is 18.2 Å². The first-order valence-corrected chi connectivity index (χ1v) is 6.83. The van der Waals surface area contributed by atoms with Gasteiger partial charge in [0, 0.05) is 6.54 Å². The predicted molar refractivity (Wildman–Crippen MR) is 71.4 cm³/mol. The number of rotatable bonds is 4. The highest BCUT2D eigenvalue weighted by molar-refractivity contribution is 5.31. The van der Waals surface area contributed by atoms with E-state index in [1.54, 1.807) is 0 Å². The summed E-state index contributed by atoms with van der Waals surface area (Å²) in [5, 5.41) is 0. The summed E-state index contributed by atoms with van der Waals surface area (Å²) in [6.07, 6.45) is 8.22. The molecule has 1 aromatic rings. The smallest absolute Gasteiger partial charge is 0.119 e. The third-order valence-electron chi connectivity index (χ3n) is 3.57. The van der Waals surface area contributed by atoms with E-state index >= 15 is 0 Å². The largest absolute Gasteiger partial charge is 0.492 e. The molecule has 2 nitrogen and oxygen atoms in total. The lowest BCUT2D eigenvalue weighted by Gasteiger charge is -2.15. The average molecular weight is 233 g/mol. The molecule has 2 N–H and O–H groups in total. The van der Waals surface area contributed by atoms with Crippen molar-refractivity contribution in [3.8, 4) is 5.75 Å².